The fourth-order valence-electron chi connectivity index (χ4n) is 2.72. The summed E-state index contributed by atoms with van der Waals surface area (Å²) >= 11 is 0. The summed E-state index contributed by atoms with van der Waals surface area (Å²) in [6, 6.07) is 7.30. The van der Waals surface area contributed by atoms with E-state index in [2.05, 4.69) is 18.3 Å². The highest BCUT2D eigenvalue weighted by molar-refractivity contribution is 5.81. The summed E-state index contributed by atoms with van der Waals surface area (Å²) < 4.78 is 5.53. The number of nitrogens with one attached hydrogen (secondary N) is 1. The number of amides is 1. The minimum atomic E-state index is 0.0939. The molecular weight excluding hydrogens is 278 g/mol. The molecular formula is C17H23N3O2. The third-order valence-electron chi connectivity index (χ3n) is 3.85. The fourth-order valence-corrected chi connectivity index (χ4v) is 2.72. The molecule has 22 heavy (non-hydrogen) atoms. The lowest BCUT2D eigenvalue weighted by atomic mass is 10.0. The summed E-state index contributed by atoms with van der Waals surface area (Å²) in [7, 11) is 0. The number of carbonyl (C=O) groups excluding carboxylic acids is 1. The van der Waals surface area contributed by atoms with E-state index in [1.54, 1.807) is 18.2 Å². The molecule has 5 nitrogen and oxygen atoms in total. The lowest BCUT2D eigenvalue weighted by Gasteiger charge is -2.31. The quantitative estimate of drug-likeness (QED) is 0.908. The zero-order valence-electron chi connectivity index (χ0n) is 13.3. The van der Waals surface area contributed by atoms with Gasteiger partial charge in [-0.2, -0.15) is 5.26 Å². The molecule has 0 aliphatic carbocycles. The van der Waals surface area contributed by atoms with Gasteiger partial charge < -0.3 is 15.0 Å². The standard InChI is InChI=1S/C17H23N3O2/c1-3-22-16-7-6-14(10-18)9-15(16)19-11-17(21)20-8-4-5-13(2)12-20/h6-7,9,13,19H,3-5,8,11-12H2,1-2H3/t13-/m0/s1. The van der Waals surface area contributed by atoms with Crippen LogP contribution in [0.2, 0.25) is 0 Å². The van der Waals surface area contributed by atoms with Crippen molar-refractivity contribution >= 4 is 11.6 Å². The van der Waals surface area contributed by atoms with Gasteiger partial charge in [0.15, 0.2) is 0 Å². The topological polar surface area (TPSA) is 65.4 Å². The van der Waals surface area contributed by atoms with Gasteiger partial charge in [-0.25, -0.2) is 0 Å². The molecule has 1 heterocycles. The second-order valence-electron chi connectivity index (χ2n) is 5.70. The van der Waals surface area contributed by atoms with Crippen LogP contribution in [-0.2, 0) is 4.79 Å². The first-order valence-corrected chi connectivity index (χ1v) is 7.82. The van der Waals surface area contributed by atoms with Crippen LogP contribution in [0.3, 0.4) is 0 Å². The predicted octanol–water partition coefficient (Wildman–Crippen LogP) is 2.63. The fraction of sp³-hybridized carbons (Fsp3) is 0.529. The van der Waals surface area contributed by atoms with Crippen LogP contribution in [0.1, 0.15) is 32.3 Å². The van der Waals surface area contributed by atoms with Crippen molar-refractivity contribution in [1.29, 1.82) is 5.26 Å². The van der Waals surface area contributed by atoms with Crippen LogP contribution < -0.4 is 10.1 Å². The number of ether oxygens (including phenoxy) is 1. The summed E-state index contributed by atoms with van der Waals surface area (Å²) in [6.07, 6.45) is 2.26. The van der Waals surface area contributed by atoms with Gasteiger partial charge in [0.2, 0.25) is 5.91 Å². The zero-order chi connectivity index (χ0) is 15.9. The van der Waals surface area contributed by atoms with Gasteiger partial charge in [0.25, 0.3) is 0 Å². The highest BCUT2D eigenvalue weighted by Gasteiger charge is 2.20. The number of hydrogen-bond donors (Lipinski definition) is 1. The number of likely N-dealkylation sites (tertiary alicyclic amines) is 1. The Kier molecular flexibility index (Phi) is 5.65. The van der Waals surface area contributed by atoms with E-state index in [0.717, 1.165) is 19.5 Å². The summed E-state index contributed by atoms with van der Waals surface area (Å²) in [4.78, 5) is 14.2. The smallest absolute Gasteiger partial charge is 0.241 e. The molecule has 1 aromatic rings. The molecule has 1 amide bonds. The molecule has 0 radical (unpaired) electrons. The Balaban J connectivity index is 2.00. The molecule has 1 N–H and O–H groups in total. The lowest BCUT2D eigenvalue weighted by molar-refractivity contribution is -0.130. The monoisotopic (exact) mass is 301 g/mol. The van der Waals surface area contributed by atoms with E-state index in [1.165, 1.54) is 6.42 Å². The first-order chi connectivity index (χ1) is 10.6. The van der Waals surface area contributed by atoms with E-state index >= 15 is 0 Å². The van der Waals surface area contributed by atoms with E-state index in [9.17, 15) is 4.79 Å². The Labute approximate surface area is 131 Å². The molecule has 2 rings (SSSR count). The van der Waals surface area contributed by atoms with Crippen LogP contribution >= 0.6 is 0 Å². The third kappa shape index (κ3) is 4.14. The summed E-state index contributed by atoms with van der Waals surface area (Å²) in [5, 5.41) is 12.1. The van der Waals surface area contributed by atoms with Crippen LogP contribution in [0.25, 0.3) is 0 Å². The number of nitriles is 1. The second kappa shape index (κ2) is 7.69. The molecule has 1 saturated heterocycles. The molecule has 0 unspecified atom stereocenters. The number of nitrogens with zero attached hydrogens (tertiary/aromatic N) is 2. The van der Waals surface area contributed by atoms with Crippen molar-refractivity contribution in [3.8, 4) is 11.8 Å². The molecule has 1 atom stereocenters. The summed E-state index contributed by atoms with van der Waals surface area (Å²) in [6.45, 7) is 6.51. The van der Waals surface area contributed by atoms with Crippen LogP contribution in [0, 0.1) is 17.2 Å². The minimum absolute atomic E-state index is 0.0939. The van der Waals surface area contributed by atoms with Crippen molar-refractivity contribution in [1.82, 2.24) is 4.90 Å². The van der Waals surface area contributed by atoms with Gasteiger partial charge in [0, 0.05) is 13.1 Å². The highest BCUT2D eigenvalue weighted by Crippen LogP contribution is 2.25. The Morgan fingerprint density at radius 1 is 1.55 bits per heavy atom. The SMILES string of the molecule is CCOc1ccc(C#N)cc1NCC(=O)N1CCC[C@H](C)C1. The van der Waals surface area contributed by atoms with E-state index in [1.807, 2.05) is 11.8 Å². The number of anilines is 1. The van der Waals surface area contributed by atoms with Crippen molar-refractivity contribution in [2.45, 2.75) is 26.7 Å². The maximum absolute atomic E-state index is 12.3. The van der Waals surface area contributed by atoms with Crippen molar-refractivity contribution < 1.29 is 9.53 Å². The summed E-state index contributed by atoms with van der Waals surface area (Å²) in [5.41, 5.74) is 1.24. The second-order valence-corrected chi connectivity index (χ2v) is 5.70. The molecule has 118 valence electrons. The Morgan fingerprint density at radius 2 is 2.36 bits per heavy atom. The summed E-state index contributed by atoms with van der Waals surface area (Å²) in [5.74, 6) is 1.33. The minimum Gasteiger partial charge on any atom is -0.492 e. The van der Waals surface area contributed by atoms with Crippen LogP contribution in [-0.4, -0.2) is 37.0 Å². The Bertz CT molecular complexity index is 566. The average Bonchev–Trinajstić information content (AvgIpc) is 2.53. The molecule has 0 saturated carbocycles. The average molecular weight is 301 g/mol. The molecule has 0 spiro atoms. The highest BCUT2D eigenvalue weighted by atomic mass is 16.5. The van der Waals surface area contributed by atoms with Gasteiger partial charge >= 0.3 is 0 Å². The molecule has 1 aliphatic rings. The van der Waals surface area contributed by atoms with E-state index in [-0.39, 0.29) is 12.5 Å². The van der Waals surface area contributed by atoms with Crippen molar-refractivity contribution in [3.63, 3.8) is 0 Å². The molecule has 0 bridgehead atoms. The Hall–Kier alpha value is -2.22. The number of hydrogen-bond acceptors (Lipinski definition) is 4. The Morgan fingerprint density at radius 3 is 3.05 bits per heavy atom. The van der Waals surface area contributed by atoms with Gasteiger partial charge in [-0.1, -0.05) is 6.92 Å². The number of benzene rings is 1. The number of rotatable bonds is 5. The van der Waals surface area contributed by atoms with Crippen LogP contribution in [0.15, 0.2) is 18.2 Å². The number of carbonyl (C=O) groups is 1. The van der Waals surface area contributed by atoms with Crippen molar-refractivity contribution in [3.05, 3.63) is 23.8 Å². The zero-order valence-corrected chi connectivity index (χ0v) is 13.3. The van der Waals surface area contributed by atoms with Gasteiger partial charge in [0.1, 0.15) is 5.75 Å². The predicted molar refractivity (Wildman–Crippen MR) is 85.8 cm³/mol. The maximum atomic E-state index is 12.3. The van der Waals surface area contributed by atoms with Crippen LogP contribution in [0.5, 0.6) is 5.75 Å². The molecule has 1 aliphatic heterocycles. The maximum Gasteiger partial charge on any atom is 0.241 e. The number of piperidine rings is 1. The largest absolute Gasteiger partial charge is 0.492 e. The van der Waals surface area contributed by atoms with Crippen molar-refractivity contribution in [2.24, 2.45) is 5.92 Å². The van der Waals surface area contributed by atoms with Gasteiger partial charge in [0.05, 0.1) is 30.5 Å². The lowest BCUT2D eigenvalue weighted by Crippen LogP contribution is -2.41. The first-order valence-electron chi connectivity index (χ1n) is 7.82. The molecule has 5 heteroatoms. The van der Waals surface area contributed by atoms with Gasteiger partial charge in [-0.3, -0.25) is 4.79 Å². The molecule has 1 fully saturated rings. The van der Waals surface area contributed by atoms with Crippen molar-refractivity contribution in [2.75, 3.05) is 31.6 Å². The third-order valence-corrected chi connectivity index (χ3v) is 3.85. The van der Waals surface area contributed by atoms with Gasteiger partial charge in [-0.05, 0) is 43.9 Å². The molecule has 1 aromatic carbocycles. The molecule has 0 aromatic heterocycles. The van der Waals surface area contributed by atoms with Gasteiger partial charge in [-0.15, -0.1) is 0 Å². The van der Waals surface area contributed by atoms with E-state index in [0.29, 0.717) is 29.5 Å². The van der Waals surface area contributed by atoms with Crippen LogP contribution in [0.4, 0.5) is 5.69 Å². The first kappa shape index (κ1) is 16.2. The van der Waals surface area contributed by atoms with E-state index < -0.39 is 0 Å². The van der Waals surface area contributed by atoms with E-state index in [4.69, 9.17) is 10.00 Å². The normalized spacial score (nSPS) is 17.7.